The van der Waals surface area contributed by atoms with Gasteiger partial charge in [-0.1, -0.05) is 29.8 Å². The molecule has 1 aliphatic heterocycles. The molecular weight excluding hydrogens is 404 g/mol. The number of amides is 2. The van der Waals surface area contributed by atoms with E-state index in [1.807, 2.05) is 31.2 Å². The number of rotatable bonds is 5. The number of carbonyl (C=O) groups excluding carboxylic acids is 2. The fraction of sp³-hybridized carbons (Fsp3) is 0.0909. The number of aryl methyl sites for hydroxylation is 1. The van der Waals surface area contributed by atoms with Gasteiger partial charge in [0.25, 0.3) is 16.8 Å². The molecule has 0 bridgehead atoms. The van der Waals surface area contributed by atoms with Crippen molar-refractivity contribution < 1.29 is 18.9 Å². The highest BCUT2D eigenvalue weighted by Crippen LogP contribution is 2.34. The standard InChI is InChI=1S/C22H16N2O5S/c1-14-3-2-4-15(11-14)13-23-21(25)20(30-22(23)26)12-18-9-10-19(29-18)16-5-7-17(8-6-16)24(27)28/h2-12H,13H2,1H3/b20-12+. The van der Waals surface area contributed by atoms with Crippen molar-refractivity contribution in [2.24, 2.45) is 0 Å². The number of hydrogen-bond acceptors (Lipinski definition) is 6. The second-order valence-corrected chi connectivity index (χ2v) is 7.76. The van der Waals surface area contributed by atoms with E-state index < -0.39 is 4.92 Å². The number of furan rings is 1. The van der Waals surface area contributed by atoms with Gasteiger partial charge < -0.3 is 4.42 Å². The average molecular weight is 420 g/mol. The SMILES string of the molecule is Cc1cccc(CN2C(=O)S/C(=C/c3ccc(-c4ccc([N+](=O)[O-])cc4)o3)C2=O)c1. The van der Waals surface area contributed by atoms with Crippen LogP contribution in [-0.2, 0) is 11.3 Å². The minimum atomic E-state index is -0.468. The molecule has 4 rings (SSSR count). The smallest absolute Gasteiger partial charge is 0.293 e. The first kappa shape index (κ1) is 19.7. The lowest BCUT2D eigenvalue weighted by molar-refractivity contribution is -0.384. The second kappa shape index (κ2) is 8.00. The van der Waals surface area contributed by atoms with Crippen LogP contribution in [0.5, 0.6) is 0 Å². The lowest BCUT2D eigenvalue weighted by Crippen LogP contribution is -2.27. The number of nitro benzene ring substituents is 1. The number of nitrogens with zero attached hydrogens (tertiary/aromatic N) is 2. The third-order valence-corrected chi connectivity index (χ3v) is 5.47. The van der Waals surface area contributed by atoms with E-state index >= 15 is 0 Å². The summed E-state index contributed by atoms with van der Waals surface area (Å²) in [5, 5.41) is 10.4. The molecule has 0 spiro atoms. The van der Waals surface area contributed by atoms with E-state index in [2.05, 4.69) is 0 Å². The summed E-state index contributed by atoms with van der Waals surface area (Å²) in [6.07, 6.45) is 1.54. The van der Waals surface area contributed by atoms with Crippen molar-refractivity contribution in [2.75, 3.05) is 0 Å². The summed E-state index contributed by atoms with van der Waals surface area (Å²) in [5.41, 5.74) is 2.61. The van der Waals surface area contributed by atoms with Crippen molar-refractivity contribution in [2.45, 2.75) is 13.5 Å². The lowest BCUT2D eigenvalue weighted by Gasteiger charge is -2.12. The fourth-order valence-electron chi connectivity index (χ4n) is 3.09. The van der Waals surface area contributed by atoms with Crippen LogP contribution >= 0.6 is 11.8 Å². The molecule has 3 aromatic rings. The summed E-state index contributed by atoms with van der Waals surface area (Å²) in [4.78, 5) is 36.8. The van der Waals surface area contributed by atoms with E-state index in [4.69, 9.17) is 4.42 Å². The molecule has 1 aromatic heterocycles. The maximum absolute atomic E-state index is 12.7. The minimum Gasteiger partial charge on any atom is -0.457 e. The van der Waals surface area contributed by atoms with Crippen molar-refractivity contribution in [3.05, 3.63) is 92.6 Å². The van der Waals surface area contributed by atoms with Gasteiger partial charge in [0.05, 0.1) is 16.4 Å². The van der Waals surface area contributed by atoms with Gasteiger partial charge in [-0.3, -0.25) is 24.6 Å². The van der Waals surface area contributed by atoms with Gasteiger partial charge in [0, 0.05) is 23.8 Å². The molecule has 0 N–H and O–H groups in total. The zero-order valence-corrected chi connectivity index (χ0v) is 16.7. The number of thioether (sulfide) groups is 1. The normalized spacial score (nSPS) is 15.2. The molecule has 150 valence electrons. The first-order chi connectivity index (χ1) is 14.4. The van der Waals surface area contributed by atoms with E-state index in [0.29, 0.717) is 17.1 Å². The molecule has 1 aliphatic rings. The van der Waals surface area contributed by atoms with Crippen LogP contribution in [0.2, 0.25) is 0 Å². The third kappa shape index (κ3) is 4.04. The minimum absolute atomic E-state index is 0.00665. The highest BCUT2D eigenvalue weighted by atomic mass is 32.2. The van der Waals surface area contributed by atoms with Gasteiger partial charge in [-0.15, -0.1) is 0 Å². The van der Waals surface area contributed by atoms with Crippen LogP contribution in [0.1, 0.15) is 16.9 Å². The topological polar surface area (TPSA) is 93.7 Å². The van der Waals surface area contributed by atoms with Crippen LogP contribution in [0, 0.1) is 17.0 Å². The molecule has 2 amide bonds. The predicted molar refractivity (Wildman–Crippen MR) is 113 cm³/mol. The Morgan fingerprint density at radius 3 is 2.57 bits per heavy atom. The Morgan fingerprint density at radius 2 is 1.87 bits per heavy atom. The predicted octanol–water partition coefficient (Wildman–Crippen LogP) is 5.40. The van der Waals surface area contributed by atoms with E-state index in [0.717, 1.165) is 22.9 Å². The molecule has 1 saturated heterocycles. The number of carbonyl (C=O) groups is 2. The molecule has 2 aromatic carbocycles. The lowest BCUT2D eigenvalue weighted by atomic mass is 10.1. The molecule has 7 nitrogen and oxygen atoms in total. The quantitative estimate of drug-likeness (QED) is 0.312. The summed E-state index contributed by atoms with van der Waals surface area (Å²) < 4.78 is 5.74. The van der Waals surface area contributed by atoms with E-state index in [-0.39, 0.29) is 28.3 Å². The van der Waals surface area contributed by atoms with Crippen LogP contribution in [-0.4, -0.2) is 21.0 Å². The van der Waals surface area contributed by atoms with Crippen LogP contribution in [0.4, 0.5) is 10.5 Å². The van der Waals surface area contributed by atoms with E-state index in [1.165, 1.54) is 23.1 Å². The first-order valence-corrected chi connectivity index (χ1v) is 9.88. The Bertz CT molecular complexity index is 1180. The molecule has 0 saturated carbocycles. The fourth-order valence-corrected chi connectivity index (χ4v) is 3.91. The Kier molecular flexibility index (Phi) is 5.24. The number of hydrogen-bond donors (Lipinski definition) is 0. The van der Waals surface area contributed by atoms with Crippen molar-refractivity contribution in [3.63, 3.8) is 0 Å². The van der Waals surface area contributed by atoms with Gasteiger partial charge in [-0.2, -0.15) is 0 Å². The number of benzene rings is 2. The molecule has 0 aliphatic carbocycles. The summed E-state index contributed by atoms with van der Waals surface area (Å²) in [6.45, 7) is 2.17. The van der Waals surface area contributed by atoms with Crippen LogP contribution in [0.25, 0.3) is 17.4 Å². The molecular formula is C22H16N2O5S. The summed E-state index contributed by atoms with van der Waals surface area (Å²) in [6, 6.07) is 17.0. The van der Waals surface area contributed by atoms with Crippen LogP contribution in [0.3, 0.4) is 0 Å². The van der Waals surface area contributed by atoms with Gasteiger partial charge in [0.1, 0.15) is 11.5 Å². The largest absolute Gasteiger partial charge is 0.457 e. The van der Waals surface area contributed by atoms with Crippen molar-refractivity contribution in [3.8, 4) is 11.3 Å². The molecule has 2 heterocycles. The zero-order chi connectivity index (χ0) is 21.3. The molecule has 0 radical (unpaired) electrons. The second-order valence-electron chi connectivity index (χ2n) is 6.76. The van der Waals surface area contributed by atoms with Gasteiger partial charge in [0.2, 0.25) is 0 Å². The number of imide groups is 1. The molecule has 0 atom stereocenters. The highest BCUT2D eigenvalue weighted by Gasteiger charge is 2.35. The van der Waals surface area contributed by atoms with Crippen molar-refractivity contribution in [1.29, 1.82) is 0 Å². The molecule has 0 unspecified atom stereocenters. The summed E-state index contributed by atoms with van der Waals surface area (Å²) >= 11 is 0.874. The molecule has 30 heavy (non-hydrogen) atoms. The number of non-ortho nitro benzene ring substituents is 1. The summed E-state index contributed by atoms with van der Waals surface area (Å²) in [7, 11) is 0. The first-order valence-electron chi connectivity index (χ1n) is 9.06. The molecule has 8 heteroatoms. The van der Waals surface area contributed by atoms with Gasteiger partial charge >= 0.3 is 0 Å². The van der Waals surface area contributed by atoms with Crippen LogP contribution < -0.4 is 0 Å². The average Bonchev–Trinajstić information content (AvgIpc) is 3.29. The van der Waals surface area contributed by atoms with E-state index in [9.17, 15) is 19.7 Å². The Hall–Kier alpha value is -3.65. The summed E-state index contributed by atoms with van der Waals surface area (Å²) in [5.74, 6) is 0.569. The maximum Gasteiger partial charge on any atom is 0.293 e. The monoisotopic (exact) mass is 420 g/mol. The van der Waals surface area contributed by atoms with Gasteiger partial charge in [-0.25, -0.2) is 0 Å². The highest BCUT2D eigenvalue weighted by molar-refractivity contribution is 8.18. The Balaban J connectivity index is 1.52. The van der Waals surface area contributed by atoms with E-state index in [1.54, 1.807) is 24.3 Å². The maximum atomic E-state index is 12.7. The third-order valence-electron chi connectivity index (χ3n) is 4.56. The zero-order valence-electron chi connectivity index (χ0n) is 15.9. The Morgan fingerprint density at radius 1 is 1.10 bits per heavy atom. The van der Waals surface area contributed by atoms with Crippen molar-refractivity contribution >= 4 is 34.7 Å². The number of nitro groups is 1. The van der Waals surface area contributed by atoms with Gasteiger partial charge in [-0.05, 0) is 48.5 Å². The Labute approximate surface area is 176 Å². The van der Waals surface area contributed by atoms with Crippen molar-refractivity contribution in [1.82, 2.24) is 4.90 Å². The van der Waals surface area contributed by atoms with Gasteiger partial charge in [0.15, 0.2) is 0 Å². The van der Waals surface area contributed by atoms with Crippen LogP contribution in [0.15, 0.2) is 70.0 Å². The molecule has 1 fully saturated rings.